The third-order valence-corrected chi connectivity index (χ3v) is 5.58. The van der Waals surface area contributed by atoms with Crippen molar-refractivity contribution in [3.05, 3.63) is 40.9 Å². The standard InChI is InChI=1S/C17H20F3N3OS/c1-12(13-4-3-5-14(10-13)24-2)22-6-8-23(9-7-22)16-21-11-15(25-16)17(18,19)20/h3-5,10-12H,6-9H2,1-2H3. The number of thiazole rings is 1. The molecule has 8 heteroatoms. The molecule has 1 aromatic heterocycles. The number of nitrogens with zero attached hydrogens (tertiary/aromatic N) is 3. The number of hydrogen-bond acceptors (Lipinski definition) is 5. The van der Waals surface area contributed by atoms with Gasteiger partial charge in [-0.05, 0) is 24.6 Å². The molecule has 1 unspecified atom stereocenters. The van der Waals surface area contributed by atoms with Crippen molar-refractivity contribution >= 4 is 16.5 Å². The van der Waals surface area contributed by atoms with E-state index in [1.54, 1.807) is 7.11 Å². The zero-order valence-corrected chi connectivity index (χ0v) is 14.9. The van der Waals surface area contributed by atoms with E-state index >= 15 is 0 Å². The normalized spacial score (nSPS) is 17.6. The molecule has 3 rings (SSSR count). The van der Waals surface area contributed by atoms with Crippen LogP contribution < -0.4 is 9.64 Å². The number of methoxy groups -OCH3 is 1. The first kappa shape index (κ1) is 18.0. The topological polar surface area (TPSA) is 28.6 Å². The van der Waals surface area contributed by atoms with Crippen LogP contribution in [0.4, 0.5) is 18.3 Å². The van der Waals surface area contributed by atoms with Gasteiger partial charge in [-0.2, -0.15) is 13.2 Å². The van der Waals surface area contributed by atoms with E-state index in [4.69, 9.17) is 4.74 Å². The number of alkyl halides is 3. The second-order valence-corrected chi connectivity index (χ2v) is 6.99. The van der Waals surface area contributed by atoms with Crippen LogP contribution in [0, 0.1) is 0 Å². The summed E-state index contributed by atoms with van der Waals surface area (Å²) < 4.78 is 43.4. The van der Waals surface area contributed by atoms with Gasteiger partial charge in [-0.25, -0.2) is 4.98 Å². The molecule has 1 saturated heterocycles. The maximum Gasteiger partial charge on any atom is 0.427 e. The Hall–Kier alpha value is -1.80. The van der Waals surface area contributed by atoms with Gasteiger partial charge in [0.05, 0.1) is 13.3 Å². The largest absolute Gasteiger partial charge is 0.497 e. The number of anilines is 1. The average molecular weight is 371 g/mol. The van der Waals surface area contributed by atoms with Crippen molar-refractivity contribution in [3.8, 4) is 5.75 Å². The summed E-state index contributed by atoms with van der Waals surface area (Å²) in [6.45, 7) is 5.02. The van der Waals surface area contributed by atoms with Gasteiger partial charge in [-0.3, -0.25) is 4.90 Å². The van der Waals surface area contributed by atoms with Crippen LogP contribution in [0.25, 0.3) is 0 Å². The Morgan fingerprint density at radius 1 is 1.20 bits per heavy atom. The van der Waals surface area contributed by atoms with Gasteiger partial charge in [0.2, 0.25) is 0 Å². The van der Waals surface area contributed by atoms with Gasteiger partial charge in [0.1, 0.15) is 10.6 Å². The summed E-state index contributed by atoms with van der Waals surface area (Å²) in [6.07, 6.45) is -3.40. The van der Waals surface area contributed by atoms with Crippen molar-refractivity contribution < 1.29 is 17.9 Å². The molecule has 0 N–H and O–H groups in total. The van der Waals surface area contributed by atoms with E-state index < -0.39 is 11.1 Å². The first-order chi connectivity index (χ1) is 11.9. The quantitative estimate of drug-likeness (QED) is 0.811. The molecule has 0 spiro atoms. The number of ether oxygens (including phenoxy) is 1. The minimum absolute atomic E-state index is 0.222. The second kappa shape index (κ2) is 7.21. The van der Waals surface area contributed by atoms with Crippen LogP contribution in [0.5, 0.6) is 5.75 Å². The predicted molar refractivity (Wildman–Crippen MR) is 92.3 cm³/mol. The van der Waals surface area contributed by atoms with E-state index in [0.29, 0.717) is 29.6 Å². The van der Waals surface area contributed by atoms with E-state index in [1.807, 2.05) is 23.1 Å². The molecule has 0 amide bonds. The molecule has 0 saturated carbocycles. The van der Waals surface area contributed by atoms with Crippen LogP contribution in [-0.4, -0.2) is 43.2 Å². The number of piperazine rings is 1. The zero-order chi connectivity index (χ0) is 18.0. The van der Waals surface area contributed by atoms with Crippen molar-refractivity contribution in [2.75, 3.05) is 38.2 Å². The van der Waals surface area contributed by atoms with Crippen LogP contribution >= 0.6 is 11.3 Å². The third kappa shape index (κ3) is 4.07. The molecule has 1 aliphatic heterocycles. The number of halogens is 3. The zero-order valence-electron chi connectivity index (χ0n) is 14.1. The molecule has 25 heavy (non-hydrogen) atoms. The summed E-state index contributed by atoms with van der Waals surface area (Å²) in [6, 6.07) is 8.19. The Kier molecular flexibility index (Phi) is 5.19. The highest BCUT2D eigenvalue weighted by molar-refractivity contribution is 7.15. The van der Waals surface area contributed by atoms with E-state index in [-0.39, 0.29) is 6.04 Å². The van der Waals surface area contributed by atoms with Crippen LogP contribution in [0.1, 0.15) is 23.4 Å². The predicted octanol–water partition coefficient (Wildman–Crippen LogP) is 4.05. The van der Waals surface area contributed by atoms with Crippen molar-refractivity contribution in [1.82, 2.24) is 9.88 Å². The van der Waals surface area contributed by atoms with Gasteiger partial charge in [-0.1, -0.05) is 23.5 Å². The van der Waals surface area contributed by atoms with Crippen LogP contribution in [0.3, 0.4) is 0 Å². The summed E-state index contributed by atoms with van der Waals surface area (Å²) in [5.74, 6) is 0.824. The lowest BCUT2D eigenvalue weighted by molar-refractivity contribution is -0.134. The summed E-state index contributed by atoms with van der Waals surface area (Å²) >= 11 is 0.712. The molecule has 0 radical (unpaired) electrons. The smallest absolute Gasteiger partial charge is 0.427 e. The third-order valence-electron chi connectivity index (χ3n) is 4.48. The Bertz CT molecular complexity index is 711. The monoisotopic (exact) mass is 371 g/mol. The fraction of sp³-hybridized carbons (Fsp3) is 0.471. The van der Waals surface area contributed by atoms with E-state index in [9.17, 15) is 13.2 Å². The summed E-state index contributed by atoms with van der Waals surface area (Å²) in [7, 11) is 1.64. The molecule has 4 nitrogen and oxygen atoms in total. The number of rotatable bonds is 4. The van der Waals surface area contributed by atoms with Crippen molar-refractivity contribution in [2.24, 2.45) is 0 Å². The van der Waals surface area contributed by atoms with E-state index in [1.165, 1.54) is 5.56 Å². The highest BCUT2D eigenvalue weighted by Crippen LogP contribution is 2.36. The molecule has 2 heterocycles. The summed E-state index contributed by atoms with van der Waals surface area (Å²) in [5, 5.41) is 0.445. The van der Waals surface area contributed by atoms with Crippen LogP contribution in [0.2, 0.25) is 0 Å². The first-order valence-electron chi connectivity index (χ1n) is 8.04. The first-order valence-corrected chi connectivity index (χ1v) is 8.86. The minimum atomic E-state index is -4.32. The molecule has 1 atom stereocenters. The number of aromatic nitrogens is 1. The molecule has 0 bridgehead atoms. The molecular weight excluding hydrogens is 351 g/mol. The highest BCUT2D eigenvalue weighted by atomic mass is 32.1. The minimum Gasteiger partial charge on any atom is -0.497 e. The number of hydrogen-bond donors (Lipinski definition) is 0. The molecule has 1 aromatic carbocycles. The lowest BCUT2D eigenvalue weighted by atomic mass is 10.1. The second-order valence-electron chi connectivity index (χ2n) is 5.98. The van der Waals surface area contributed by atoms with Gasteiger partial charge in [0.15, 0.2) is 5.13 Å². The molecule has 136 valence electrons. The van der Waals surface area contributed by atoms with Gasteiger partial charge in [0.25, 0.3) is 0 Å². The Morgan fingerprint density at radius 2 is 1.92 bits per heavy atom. The van der Waals surface area contributed by atoms with Gasteiger partial charge < -0.3 is 9.64 Å². The maximum absolute atomic E-state index is 12.7. The van der Waals surface area contributed by atoms with E-state index in [0.717, 1.165) is 25.0 Å². The van der Waals surface area contributed by atoms with Gasteiger partial charge in [0, 0.05) is 32.2 Å². The lowest BCUT2D eigenvalue weighted by Gasteiger charge is -2.38. The highest BCUT2D eigenvalue weighted by Gasteiger charge is 2.34. The van der Waals surface area contributed by atoms with Gasteiger partial charge >= 0.3 is 6.18 Å². The van der Waals surface area contributed by atoms with Crippen LogP contribution in [0.15, 0.2) is 30.5 Å². The molecule has 2 aromatic rings. The van der Waals surface area contributed by atoms with Gasteiger partial charge in [-0.15, -0.1) is 0 Å². The number of benzene rings is 1. The average Bonchev–Trinajstić information content (AvgIpc) is 3.12. The summed E-state index contributed by atoms with van der Waals surface area (Å²) in [5.41, 5.74) is 1.17. The van der Waals surface area contributed by atoms with E-state index in [2.05, 4.69) is 22.9 Å². The molecule has 0 aliphatic carbocycles. The van der Waals surface area contributed by atoms with Crippen molar-refractivity contribution in [1.29, 1.82) is 0 Å². The SMILES string of the molecule is COc1cccc(C(C)N2CCN(c3ncc(C(F)(F)F)s3)CC2)c1. The Morgan fingerprint density at radius 3 is 2.52 bits per heavy atom. The maximum atomic E-state index is 12.7. The fourth-order valence-corrected chi connectivity index (χ4v) is 3.79. The molecular formula is C17H20F3N3OS. The Labute approximate surface area is 148 Å². The molecule has 1 fully saturated rings. The van der Waals surface area contributed by atoms with Crippen LogP contribution in [-0.2, 0) is 6.18 Å². The fourth-order valence-electron chi connectivity index (χ4n) is 2.95. The summed E-state index contributed by atoms with van der Waals surface area (Å²) in [4.78, 5) is 7.55. The Balaban J connectivity index is 1.62. The molecule has 1 aliphatic rings. The van der Waals surface area contributed by atoms with Crippen molar-refractivity contribution in [3.63, 3.8) is 0 Å². The van der Waals surface area contributed by atoms with Crippen molar-refractivity contribution in [2.45, 2.75) is 19.1 Å². The lowest BCUT2D eigenvalue weighted by Crippen LogP contribution is -2.47.